The first-order valence-electron chi connectivity index (χ1n) is 8.44. The third-order valence-corrected chi connectivity index (χ3v) is 5.05. The van der Waals surface area contributed by atoms with Crippen molar-refractivity contribution in [2.75, 3.05) is 24.2 Å². The largest absolute Gasteiger partial charge is 0.496 e. The van der Waals surface area contributed by atoms with Gasteiger partial charge in [-0.25, -0.2) is 12.8 Å². The lowest BCUT2D eigenvalue weighted by molar-refractivity contribution is 0.0953. The third-order valence-electron chi connectivity index (χ3n) is 3.91. The smallest absolute Gasteiger partial charge is 0.251 e. The first kappa shape index (κ1) is 20.7. The number of nitrogens with zero attached hydrogens (tertiary/aromatic N) is 1. The number of hydrogen-bond donors (Lipinski definition) is 1. The normalized spacial score (nSPS) is 11.1. The summed E-state index contributed by atoms with van der Waals surface area (Å²) in [5.41, 5.74) is 1.25. The molecule has 0 aliphatic rings. The van der Waals surface area contributed by atoms with Crippen molar-refractivity contribution < 1.29 is 22.3 Å². The van der Waals surface area contributed by atoms with Crippen molar-refractivity contribution in [2.45, 2.75) is 19.9 Å². The quantitative estimate of drug-likeness (QED) is 0.747. The summed E-state index contributed by atoms with van der Waals surface area (Å²) in [5.74, 6) is -0.245. The van der Waals surface area contributed by atoms with Crippen LogP contribution in [0.1, 0.15) is 29.3 Å². The topological polar surface area (TPSA) is 75.7 Å². The minimum Gasteiger partial charge on any atom is -0.496 e. The fraction of sp³-hybridized carbons (Fsp3) is 0.316. The Morgan fingerprint density at radius 1 is 1.19 bits per heavy atom. The van der Waals surface area contributed by atoms with Gasteiger partial charge in [0, 0.05) is 17.7 Å². The molecule has 0 fully saturated rings. The Labute approximate surface area is 159 Å². The molecule has 0 aromatic heterocycles. The lowest BCUT2D eigenvalue weighted by Crippen LogP contribution is -2.30. The van der Waals surface area contributed by atoms with Crippen LogP contribution in [0.25, 0.3) is 0 Å². The van der Waals surface area contributed by atoms with Crippen molar-refractivity contribution in [3.63, 3.8) is 0 Å². The van der Waals surface area contributed by atoms with Crippen molar-refractivity contribution in [2.24, 2.45) is 0 Å². The number of nitrogens with one attached hydrogen (secondary N) is 1. The molecule has 2 aromatic carbocycles. The molecule has 0 aliphatic heterocycles. The number of carbonyl (C=O) groups excluding carboxylic acids is 1. The molecule has 6 nitrogen and oxygen atoms in total. The van der Waals surface area contributed by atoms with Crippen LogP contribution in [0.15, 0.2) is 42.5 Å². The molecule has 2 aromatic rings. The van der Waals surface area contributed by atoms with E-state index in [-0.39, 0.29) is 12.5 Å². The predicted octanol–water partition coefficient (Wildman–Crippen LogP) is 2.94. The molecule has 1 amide bonds. The van der Waals surface area contributed by atoms with Crippen LogP contribution in [0.4, 0.5) is 10.1 Å². The van der Waals surface area contributed by atoms with Crippen LogP contribution in [-0.4, -0.2) is 34.2 Å². The Morgan fingerprint density at radius 3 is 2.41 bits per heavy atom. The number of benzene rings is 2. The maximum absolute atomic E-state index is 13.2. The molecule has 0 atom stereocenters. The molecule has 2 rings (SSSR count). The second kappa shape index (κ2) is 8.85. The van der Waals surface area contributed by atoms with E-state index >= 15 is 0 Å². The van der Waals surface area contributed by atoms with Gasteiger partial charge in [-0.3, -0.25) is 9.10 Å². The van der Waals surface area contributed by atoms with Gasteiger partial charge >= 0.3 is 0 Å². The number of amides is 1. The van der Waals surface area contributed by atoms with Gasteiger partial charge in [-0.2, -0.15) is 0 Å². The average molecular weight is 394 g/mol. The summed E-state index contributed by atoms with van der Waals surface area (Å²) in [6, 6.07) is 10.0. The van der Waals surface area contributed by atoms with E-state index < -0.39 is 15.8 Å². The number of ether oxygens (including phenoxy) is 1. The van der Waals surface area contributed by atoms with Crippen LogP contribution in [0.2, 0.25) is 0 Å². The van der Waals surface area contributed by atoms with Crippen molar-refractivity contribution in [1.82, 2.24) is 5.32 Å². The Bertz CT molecular complexity index is 898. The summed E-state index contributed by atoms with van der Waals surface area (Å²) in [4.78, 5) is 12.2. The number of carbonyl (C=O) groups is 1. The maximum Gasteiger partial charge on any atom is 0.251 e. The maximum atomic E-state index is 13.2. The summed E-state index contributed by atoms with van der Waals surface area (Å²) < 4.78 is 44.2. The fourth-order valence-corrected chi connectivity index (χ4v) is 3.42. The molecule has 0 spiro atoms. The molecule has 0 saturated carbocycles. The third kappa shape index (κ3) is 5.43. The van der Waals surface area contributed by atoms with Gasteiger partial charge in [0.25, 0.3) is 5.91 Å². The van der Waals surface area contributed by atoms with Gasteiger partial charge in [-0.05, 0) is 48.9 Å². The Morgan fingerprint density at radius 2 is 1.85 bits per heavy atom. The van der Waals surface area contributed by atoms with Crippen molar-refractivity contribution in [3.05, 3.63) is 59.4 Å². The molecule has 0 saturated heterocycles. The molecule has 8 heteroatoms. The van der Waals surface area contributed by atoms with Crippen LogP contribution in [0, 0.1) is 5.82 Å². The number of methoxy groups -OCH3 is 1. The van der Waals surface area contributed by atoms with E-state index in [1.807, 2.05) is 6.92 Å². The minimum atomic E-state index is -3.65. The van der Waals surface area contributed by atoms with Crippen LogP contribution in [-0.2, 0) is 16.6 Å². The molecule has 0 aliphatic carbocycles. The van der Waals surface area contributed by atoms with E-state index in [4.69, 9.17) is 4.74 Å². The zero-order valence-corrected chi connectivity index (χ0v) is 16.3. The molecule has 1 N–H and O–H groups in total. The van der Waals surface area contributed by atoms with Gasteiger partial charge in [-0.15, -0.1) is 0 Å². The van der Waals surface area contributed by atoms with Gasteiger partial charge in [0.2, 0.25) is 10.0 Å². The van der Waals surface area contributed by atoms with Crippen molar-refractivity contribution >= 4 is 21.6 Å². The monoisotopic (exact) mass is 394 g/mol. The number of hydrogen-bond acceptors (Lipinski definition) is 4. The highest BCUT2D eigenvalue weighted by atomic mass is 32.2. The van der Waals surface area contributed by atoms with Crippen LogP contribution in [0.3, 0.4) is 0 Å². The fourth-order valence-electron chi connectivity index (χ4n) is 2.55. The first-order valence-corrected chi connectivity index (χ1v) is 10.3. The average Bonchev–Trinajstić information content (AvgIpc) is 2.64. The van der Waals surface area contributed by atoms with E-state index in [1.54, 1.807) is 18.2 Å². The second-order valence-electron chi connectivity index (χ2n) is 6.03. The summed E-state index contributed by atoms with van der Waals surface area (Å²) in [7, 11) is -2.18. The highest BCUT2D eigenvalue weighted by Gasteiger charge is 2.21. The number of sulfonamides is 1. The van der Waals surface area contributed by atoms with Crippen LogP contribution < -0.4 is 14.4 Å². The molecule has 146 valence electrons. The first-order chi connectivity index (χ1) is 12.8. The zero-order chi connectivity index (χ0) is 20.0. The second-order valence-corrected chi connectivity index (χ2v) is 7.94. The van der Waals surface area contributed by atoms with Gasteiger partial charge in [-0.1, -0.05) is 6.92 Å². The number of anilines is 1. The lowest BCUT2D eigenvalue weighted by Gasteiger charge is -2.24. The van der Waals surface area contributed by atoms with E-state index in [2.05, 4.69) is 5.32 Å². The van der Waals surface area contributed by atoms with Gasteiger partial charge in [0.05, 0.1) is 25.6 Å². The molecule has 27 heavy (non-hydrogen) atoms. The summed E-state index contributed by atoms with van der Waals surface area (Å²) in [5, 5.41) is 2.78. The zero-order valence-electron chi connectivity index (χ0n) is 15.5. The molecule has 0 bridgehead atoms. The van der Waals surface area contributed by atoms with Crippen LogP contribution >= 0.6 is 0 Å². The van der Waals surface area contributed by atoms with E-state index in [1.165, 1.54) is 31.4 Å². The summed E-state index contributed by atoms with van der Waals surface area (Å²) in [6.45, 7) is 2.44. The predicted molar refractivity (Wildman–Crippen MR) is 103 cm³/mol. The number of halogens is 1. The van der Waals surface area contributed by atoms with Gasteiger partial charge in [0.1, 0.15) is 11.6 Å². The minimum absolute atomic E-state index is 0.0530. The van der Waals surface area contributed by atoms with Crippen molar-refractivity contribution in [3.8, 4) is 5.75 Å². The van der Waals surface area contributed by atoms with Crippen LogP contribution in [0.5, 0.6) is 5.75 Å². The summed E-state index contributed by atoms with van der Waals surface area (Å²) >= 11 is 0. The van der Waals surface area contributed by atoms with Gasteiger partial charge in [0.15, 0.2) is 0 Å². The highest BCUT2D eigenvalue weighted by molar-refractivity contribution is 7.92. The van der Waals surface area contributed by atoms with Gasteiger partial charge < -0.3 is 10.1 Å². The summed E-state index contributed by atoms with van der Waals surface area (Å²) in [6.07, 6.45) is 1.88. The van der Waals surface area contributed by atoms with E-state index in [0.29, 0.717) is 29.1 Å². The standard InChI is InChI=1S/C19H23FN2O4S/c1-4-11-21-19(23)14-5-10-18(26-2)15(12-14)13-22(27(3,24)25)17-8-6-16(20)7-9-17/h5-10,12H,4,11,13H2,1-3H3,(H,21,23). The SMILES string of the molecule is CCCNC(=O)c1ccc(OC)c(CN(c2ccc(F)cc2)S(C)(=O)=O)c1. The van der Waals surface area contributed by atoms with Crippen molar-refractivity contribution in [1.29, 1.82) is 0 Å². The number of rotatable bonds is 8. The molecule has 0 radical (unpaired) electrons. The molecular weight excluding hydrogens is 371 g/mol. The molecule has 0 heterocycles. The lowest BCUT2D eigenvalue weighted by atomic mass is 10.1. The molecule has 0 unspecified atom stereocenters. The van der Waals surface area contributed by atoms with E-state index in [0.717, 1.165) is 17.0 Å². The highest BCUT2D eigenvalue weighted by Crippen LogP contribution is 2.26. The molecular formula is C19H23FN2O4S. The van der Waals surface area contributed by atoms with E-state index in [9.17, 15) is 17.6 Å². The Hall–Kier alpha value is -2.61. The Balaban J connectivity index is 2.41. The Kier molecular flexibility index (Phi) is 6.79.